The molecule has 7 heteroatoms. The van der Waals surface area contributed by atoms with Crippen molar-refractivity contribution in [2.24, 2.45) is 0 Å². The number of likely N-dealkylation sites (tertiary alicyclic amines) is 1. The van der Waals surface area contributed by atoms with Crippen molar-refractivity contribution in [1.82, 2.24) is 19.8 Å². The molecule has 2 aromatic heterocycles. The molecule has 0 bridgehead atoms. The lowest BCUT2D eigenvalue weighted by Gasteiger charge is -2.36. The summed E-state index contributed by atoms with van der Waals surface area (Å²) in [6.07, 6.45) is 6.25. The second kappa shape index (κ2) is 7.10. The summed E-state index contributed by atoms with van der Waals surface area (Å²) in [6, 6.07) is 3.84. The second-order valence-corrected chi connectivity index (χ2v) is 6.17. The monoisotopic (exact) mass is 334 g/mol. The van der Waals surface area contributed by atoms with Gasteiger partial charge >= 0.3 is 0 Å². The van der Waals surface area contributed by atoms with Crippen LogP contribution in [0.3, 0.4) is 0 Å². The molecule has 122 valence electrons. The van der Waals surface area contributed by atoms with Crippen LogP contribution in [-0.2, 0) is 6.54 Å². The molecule has 1 amide bonds. The van der Waals surface area contributed by atoms with Crippen molar-refractivity contribution in [3.05, 3.63) is 47.4 Å². The fourth-order valence-electron chi connectivity index (χ4n) is 2.85. The highest BCUT2D eigenvalue weighted by Gasteiger charge is 2.30. The van der Waals surface area contributed by atoms with E-state index < -0.39 is 0 Å². The molecule has 23 heavy (non-hydrogen) atoms. The Balaban J connectivity index is 1.85. The molecule has 0 unspecified atom stereocenters. The number of hydrogen-bond acceptors (Lipinski definition) is 5. The van der Waals surface area contributed by atoms with Crippen LogP contribution >= 0.6 is 11.6 Å². The third-order valence-electron chi connectivity index (χ3n) is 4.17. The summed E-state index contributed by atoms with van der Waals surface area (Å²) in [7, 11) is 2.09. The Morgan fingerprint density at radius 2 is 2.26 bits per heavy atom. The van der Waals surface area contributed by atoms with Gasteiger partial charge in [-0.2, -0.15) is 0 Å². The van der Waals surface area contributed by atoms with Gasteiger partial charge in [-0.1, -0.05) is 11.6 Å². The first-order valence-electron chi connectivity index (χ1n) is 7.62. The lowest BCUT2D eigenvalue weighted by molar-refractivity contribution is 0.0545. The highest BCUT2D eigenvalue weighted by Crippen LogP contribution is 2.23. The smallest absolute Gasteiger partial charge is 0.274 e. The van der Waals surface area contributed by atoms with Gasteiger partial charge in [-0.05, 0) is 45.1 Å². The van der Waals surface area contributed by atoms with Gasteiger partial charge in [-0.3, -0.25) is 4.79 Å². The van der Waals surface area contributed by atoms with Crippen molar-refractivity contribution in [2.75, 3.05) is 20.1 Å². The van der Waals surface area contributed by atoms with E-state index in [0.29, 0.717) is 6.54 Å². The zero-order chi connectivity index (χ0) is 16.2. The summed E-state index contributed by atoms with van der Waals surface area (Å²) in [4.78, 5) is 25.0. The van der Waals surface area contributed by atoms with Crippen LogP contribution in [0.5, 0.6) is 0 Å². The predicted octanol–water partition coefficient (Wildman–Crippen LogP) is 2.46. The van der Waals surface area contributed by atoms with Gasteiger partial charge in [0.25, 0.3) is 5.91 Å². The molecule has 0 aliphatic carbocycles. The molecule has 1 fully saturated rings. The fourth-order valence-corrected chi connectivity index (χ4v) is 3.04. The van der Waals surface area contributed by atoms with Crippen molar-refractivity contribution in [3.8, 4) is 0 Å². The molecule has 1 aliphatic rings. The van der Waals surface area contributed by atoms with Gasteiger partial charge in [0.1, 0.15) is 17.8 Å². The number of carbonyl (C=O) groups is 1. The molecule has 0 saturated carbocycles. The van der Waals surface area contributed by atoms with Gasteiger partial charge in [-0.15, -0.1) is 0 Å². The Labute approximate surface area is 140 Å². The third kappa shape index (κ3) is 3.71. The van der Waals surface area contributed by atoms with Crippen LogP contribution in [0.25, 0.3) is 0 Å². The molecular weight excluding hydrogens is 316 g/mol. The number of hydrogen-bond donors (Lipinski definition) is 0. The Hall–Kier alpha value is -1.92. The number of rotatable bonds is 4. The van der Waals surface area contributed by atoms with Crippen LogP contribution in [0, 0.1) is 0 Å². The summed E-state index contributed by atoms with van der Waals surface area (Å²) in [5, 5.41) is 0.273. The minimum Gasteiger partial charge on any atom is -0.467 e. The van der Waals surface area contributed by atoms with Crippen LogP contribution in [0.15, 0.2) is 35.3 Å². The minimum absolute atomic E-state index is 0.148. The van der Waals surface area contributed by atoms with Crippen LogP contribution in [-0.4, -0.2) is 51.9 Å². The minimum atomic E-state index is -0.177. The van der Waals surface area contributed by atoms with Gasteiger partial charge in [0, 0.05) is 12.2 Å². The Morgan fingerprint density at radius 3 is 2.91 bits per heavy atom. The Kier molecular flexibility index (Phi) is 4.93. The first-order valence-corrected chi connectivity index (χ1v) is 8.00. The topological polar surface area (TPSA) is 62.5 Å². The molecule has 1 saturated heterocycles. The summed E-state index contributed by atoms with van der Waals surface area (Å²) >= 11 is 6.10. The molecular formula is C16H19ClN4O2. The average Bonchev–Trinajstić information content (AvgIpc) is 3.07. The Morgan fingerprint density at radius 1 is 1.48 bits per heavy atom. The normalized spacial score (nSPS) is 16.4. The molecule has 0 N–H and O–H groups in total. The number of nitrogens with zero attached hydrogens (tertiary/aromatic N) is 4. The van der Waals surface area contributed by atoms with Gasteiger partial charge in [0.05, 0.1) is 17.8 Å². The molecule has 3 heterocycles. The van der Waals surface area contributed by atoms with Crippen LogP contribution in [0.2, 0.25) is 5.02 Å². The quantitative estimate of drug-likeness (QED) is 0.859. The van der Waals surface area contributed by atoms with Crippen molar-refractivity contribution >= 4 is 17.5 Å². The molecule has 6 nitrogen and oxygen atoms in total. The SMILES string of the molecule is CN1CCC(N(Cc2ccco2)C(=O)c2ncncc2Cl)CC1. The predicted molar refractivity (Wildman–Crippen MR) is 86.1 cm³/mol. The van der Waals surface area contributed by atoms with Gasteiger partial charge in [0.15, 0.2) is 0 Å². The summed E-state index contributed by atoms with van der Waals surface area (Å²) in [6.45, 7) is 2.34. The zero-order valence-corrected chi connectivity index (χ0v) is 13.7. The van der Waals surface area contributed by atoms with Crippen molar-refractivity contribution in [3.63, 3.8) is 0 Å². The van der Waals surface area contributed by atoms with Gasteiger partial charge < -0.3 is 14.2 Å². The van der Waals surface area contributed by atoms with E-state index in [4.69, 9.17) is 16.0 Å². The van der Waals surface area contributed by atoms with E-state index in [2.05, 4.69) is 21.9 Å². The number of amides is 1. The number of furan rings is 1. The Bertz CT molecular complexity index is 654. The van der Waals surface area contributed by atoms with Gasteiger partial charge in [0.2, 0.25) is 0 Å². The van der Waals surface area contributed by atoms with Crippen LogP contribution < -0.4 is 0 Å². The maximum atomic E-state index is 13.0. The van der Waals surface area contributed by atoms with E-state index in [1.165, 1.54) is 12.5 Å². The number of piperidine rings is 1. The average molecular weight is 335 g/mol. The maximum Gasteiger partial charge on any atom is 0.274 e. The highest BCUT2D eigenvalue weighted by atomic mass is 35.5. The molecule has 0 spiro atoms. The number of carbonyl (C=O) groups excluding carboxylic acids is 1. The summed E-state index contributed by atoms with van der Waals surface area (Å²) in [5.41, 5.74) is 0.243. The maximum absolute atomic E-state index is 13.0. The van der Waals surface area contributed by atoms with Crippen molar-refractivity contribution < 1.29 is 9.21 Å². The first-order chi connectivity index (χ1) is 11.1. The lowest BCUT2D eigenvalue weighted by Crippen LogP contribution is -2.46. The molecule has 3 rings (SSSR count). The van der Waals surface area contributed by atoms with E-state index in [-0.39, 0.29) is 22.7 Å². The number of aromatic nitrogens is 2. The third-order valence-corrected chi connectivity index (χ3v) is 4.44. The molecule has 0 radical (unpaired) electrons. The fraction of sp³-hybridized carbons (Fsp3) is 0.438. The largest absolute Gasteiger partial charge is 0.467 e. The second-order valence-electron chi connectivity index (χ2n) is 5.77. The van der Waals surface area contributed by atoms with Crippen molar-refractivity contribution in [2.45, 2.75) is 25.4 Å². The molecule has 0 aromatic carbocycles. The molecule has 2 aromatic rings. The lowest BCUT2D eigenvalue weighted by atomic mass is 10.0. The summed E-state index contributed by atoms with van der Waals surface area (Å²) in [5.74, 6) is 0.575. The first kappa shape index (κ1) is 16.0. The highest BCUT2D eigenvalue weighted by molar-refractivity contribution is 6.33. The van der Waals surface area contributed by atoms with Crippen LogP contribution in [0.4, 0.5) is 0 Å². The number of halogens is 1. The summed E-state index contributed by atoms with van der Waals surface area (Å²) < 4.78 is 5.42. The molecule has 1 aliphatic heterocycles. The molecule has 0 atom stereocenters. The van der Waals surface area contributed by atoms with Crippen molar-refractivity contribution in [1.29, 1.82) is 0 Å². The van der Waals surface area contributed by atoms with E-state index >= 15 is 0 Å². The van der Waals surface area contributed by atoms with Gasteiger partial charge in [-0.25, -0.2) is 9.97 Å². The zero-order valence-electron chi connectivity index (χ0n) is 13.0. The van der Waals surface area contributed by atoms with E-state index in [9.17, 15) is 4.79 Å². The van der Waals surface area contributed by atoms with E-state index in [1.54, 1.807) is 6.26 Å². The van der Waals surface area contributed by atoms with E-state index in [0.717, 1.165) is 31.7 Å². The standard InChI is InChI=1S/C16H19ClN4O2/c1-20-6-4-12(5-7-20)21(10-13-3-2-8-23-13)16(22)15-14(17)9-18-11-19-15/h2-3,8-9,11-12H,4-7,10H2,1H3. The van der Waals surface area contributed by atoms with E-state index in [1.807, 2.05) is 17.0 Å². The van der Waals surface area contributed by atoms with Crippen LogP contribution in [0.1, 0.15) is 29.1 Å².